The van der Waals surface area contributed by atoms with Gasteiger partial charge in [0, 0.05) is 31.1 Å². The van der Waals surface area contributed by atoms with Crippen LogP contribution in [0.25, 0.3) is 0 Å². The van der Waals surface area contributed by atoms with E-state index in [0.29, 0.717) is 32.7 Å². The average molecular weight is 427 g/mol. The predicted molar refractivity (Wildman–Crippen MR) is 121 cm³/mol. The van der Waals surface area contributed by atoms with Crippen LogP contribution < -0.4 is 0 Å². The first kappa shape index (κ1) is 22.4. The highest BCUT2D eigenvalue weighted by molar-refractivity contribution is 7.92. The zero-order valence-corrected chi connectivity index (χ0v) is 18.1. The summed E-state index contributed by atoms with van der Waals surface area (Å²) in [6.45, 7) is 9.92. The lowest BCUT2D eigenvalue weighted by atomic mass is 10.0. The molecule has 2 atom stereocenters. The van der Waals surface area contributed by atoms with Crippen molar-refractivity contribution in [1.29, 1.82) is 0 Å². The lowest BCUT2D eigenvalue weighted by Gasteiger charge is -2.45. The van der Waals surface area contributed by atoms with Crippen LogP contribution in [0.3, 0.4) is 0 Å². The summed E-state index contributed by atoms with van der Waals surface area (Å²) < 4.78 is 32.9. The van der Waals surface area contributed by atoms with E-state index in [1.807, 2.05) is 54.6 Å². The molecule has 160 valence electrons. The van der Waals surface area contributed by atoms with Crippen molar-refractivity contribution in [2.75, 3.05) is 19.7 Å². The molecule has 1 fully saturated rings. The van der Waals surface area contributed by atoms with E-state index < -0.39 is 10.0 Å². The third-order valence-electron chi connectivity index (χ3n) is 5.39. The van der Waals surface area contributed by atoms with Gasteiger partial charge in [-0.3, -0.25) is 4.90 Å². The molecule has 0 aromatic heterocycles. The van der Waals surface area contributed by atoms with Crippen molar-refractivity contribution in [3.8, 4) is 0 Å². The Kier molecular flexibility index (Phi) is 7.99. The second kappa shape index (κ2) is 10.7. The van der Waals surface area contributed by atoms with Gasteiger partial charge >= 0.3 is 0 Å². The molecular weight excluding hydrogens is 396 g/mol. The largest absolute Gasteiger partial charge is 0.375 e. The van der Waals surface area contributed by atoms with Gasteiger partial charge in [-0.2, -0.15) is 4.31 Å². The van der Waals surface area contributed by atoms with Crippen LogP contribution in [0.2, 0.25) is 0 Å². The number of hydrogen-bond donors (Lipinski definition) is 0. The molecule has 30 heavy (non-hydrogen) atoms. The van der Waals surface area contributed by atoms with Gasteiger partial charge in [0.2, 0.25) is 10.0 Å². The first-order valence-electron chi connectivity index (χ1n) is 10.2. The van der Waals surface area contributed by atoms with E-state index in [0.717, 1.165) is 17.5 Å². The molecule has 2 aromatic carbocycles. The Balaban J connectivity index is 1.76. The highest BCUT2D eigenvalue weighted by Crippen LogP contribution is 2.24. The molecule has 1 heterocycles. The summed E-state index contributed by atoms with van der Waals surface area (Å²) in [6.07, 6.45) is 2.57. The van der Waals surface area contributed by atoms with Crippen LogP contribution in [0.1, 0.15) is 17.5 Å². The Morgan fingerprint density at radius 3 is 2.17 bits per heavy atom. The molecule has 0 amide bonds. The third-order valence-corrected chi connectivity index (χ3v) is 6.91. The Morgan fingerprint density at radius 1 is 0.933 bits per heavy atom. The molecule has 3 rings (SSSR count). The number of nitrogens with zero attached hydrogens (tertiary/aromatic N) is 2. The van der Waals surface area contributed by atoms with Crippen molar-refractivity contribution in [3.05, 3.63) is 96.4 Å². The number of hydrogen-bond acceptors (Lipinski definition) is 4. The van der Waals surface area contributed by atoms with Crippen LogP contribution in [-0.2, 0) is 27.9 Å². The van der Waals surface area contributed by atoms with Gasteiger partial charge in [0.05, 0.1) is 19.3 Å². The number of rotatable bonds is 10. The van der Waals surface area contributed by atoms with Crippen LogP contribution in [0.5, 0.6) is 0 Å². The van der Waals surface area contributed by atoms with E-state index in [9.17, 15) is 8.42 Å². The molecule has 5 nitrogen and oxygen atoms in total. The summed E-state index contributed by atoms with van der Waals surface area (Å²) in [7, 11) is -3.56. The first-order valence-corrected chi connectivity index (χ1v) is 11.7. The fourth-order valence-electron chi connectivity index (χ4n) is 3.84. The maximum atomic E-state index is 12.7. The van der Waals surface area contributed by atoms with Gasteiger partial charge in [0.1, 0.15) is 0 Å². The third kappa shape index (κ3) is 5.89. The Labute approximate surface area is 180 Å². The van der Waals surface area contributed by atoms with Gasteiger partial charge in [-0.25, -0.2) is 8.42 Å². The lowest BCUT2D eigenvalue weighted by molar-refractivity contribution is 0.0131. The molecule has 0 aliphatic carbocycles. The molecule has 0 unspecified atom stereocenters. The van der Waals surface area contributed by atoms with E-state index in [4.69, 9.17) is 4.74 Å². The molecular formula is C24H30N2O3S. The molecule has 0 radical (unpaired) electrons. The van der Waals surface area contributed by atoms with Crippen LogP contribution >= 0.6 is 0 Å². The quantitative estimate of drug-likeness (QED) is 0.542. The molecule has 1 saturated heterocycles. The molecule has 2 aromatic rings. The van der Waals surface area contributed by atoms with Crippen LogP contribution in [0.4, 0.5) is 0 Å². The van der Waals surface area contributed by atoms with Crippen molar-refractivity contribution in [3.63, 3.8) is 0 Å². The minimum atomic E-state index is -3.56. The van der Waals surface area contributed by atoms with E-state index in [2.05, 4.69) is 30.2 Å². The van der Waals surface area contributed by atoms with Crippen molar-refractivity contribution in [2.45, 2.75) is 31.7 Å². The monoisotopic (exact) mass is 426 g/mol. The number of benzene rings is 2. The Hall–Kier alpha value is -2.25. The second-order valence-corrected chi connectivity index (χ2v) is 9.36. The molecule has 0 spiro atoms. The van der Waals surface area contributed by atoms with Crippen molar-refractivity contribution >= 4 is 10.0 Å². The highest BCUT2D eigenvalue weighted by Gasteiger charge is 2.38. The standard InChI is InChI=1S/C24H30N2O3S/c1-3-11-23-18-26(30(27,28)4-2)24(20-29-19-22-14-9-6-10-15-22)17-25(23)16-21-12-7-5-8-13-21/h3-10,12-15,23-24H,1-2,11,16-20H2/t23-,24-/m1/s1. The van der Waals surface area contributed by atoms with Crippen molar-refractivity contribution < 1.29 is 13.2 Å². The SMILES string of the molecule is C=CC[C@@H]1CN(S(=O)(=O)C=C)[C@@H](COCc2ccccc2)CN1Cc1ccccc1. The topological polar surface area (TPSA) is 49.9 Å². The maximum Gasteiger partial charge on any atom is 0.236 e. The molecule has 1 aliphatic heterocycles. The van der Waals surface area contributed by atoms with Crippen molar-refractivity contribution in [2.24, 2.45) is 0 Å². The lowest BCUT2D eigenvalue weighted by Crippen LogP contribution is -2.60. The van der Waals surface area contributed by atoms with E-state index in [1.54, 1.807) is 4.31 Å². The number of ether oxygens (including phenoxy) is 1. The van der Waals surface area contributed by atoms with Gasteiger partial charge < -0.3 is 4.74 Å². The van der Waals surface area contributed by atoms with E-state index in [1.165, 1.54) is 5.56 Å². The van der Waals surface area contributed by atoms with Crippen LogP contribution in [0, 0.1) is 0 Å². The van der Waals surface area contributed by atoms with E-state index >= 15 is 0 Å². The molecule has 0 saturated carbocycles. The second-order valence-electron chi connectivity index (χ2n) is 7.53. The average Bonchev–Trinajstić information content (AvgIpc) is 2.77. The predicted octanol–water partition coefficient (Wildman–Crippen LogP) is 3.81. The van der Waals surface area contributed by atoms with Crippen LogP contribution in [-0.4, -0.2) is 49.4 Å². The Morgan fingerprint density at radius 2 is 1.57 bits per heavy atom. The summed E-state index contributed by atoms with van der Waals surface area (Å²) in [5, 5.41) is 1.04. The summed E-state index contributed by atoms with van der Waals surface area (Å²) in [4.78, 5) is 2.34. The molecule has 6 heteroatoms. The smallest absolute Gasteiger partial charge is 0.236 e. The fourth-order valence-corrected chi connectivity index (χ4v) is 4.96. The maximum absolute atomic E-state index is 12.7. The molecule has 0 N–H and O–H groups in total. The first-order chi connectivity index (χ1) is 14.5. The minimum absolute atomic E-state index is 0.0582. The van der Waals surface area contributed by atoms with Gasteiger partial charge in [-0.05, 0) is 17.5 Å². The normalized spacial score (nSPS) is 20.7. The van der Waals surface area contributed by atoms with Gasteiger partial charge in [0.25, 0.3) is 0 Å². The Bertz CT molecular complexity index is 916. The highest BCUT2D eigenvalue weighted by atomic mass is 32.2. The molecule has 1 aliphatic rings. The van der Waals surface area contributed by atoms with E-state index in [-0.39, 0.29) is 12.1 Å². The summed E-state index contributed by atoms with van der Waals surface area (Å²) in [6, 6.07) is 19.9. The van der Waals surface area contributed by atoms with Gasteiger partial charge in [-0.15, -0.1) is 6.58 Å². The van der Waals surface area contributed by atoms with Crippen LogP contribution in [0.15, 0.2) is 85.3 Å². The fraction of sp³-hybridized carbons (Fsp3) is 0.333. The summed E-state index contributed by atoms with van der Waals surface area (Å²) >= 11 is 0. The number of sulfonamides is 1. The zero-order chi connectivity index (χ0) is 21.4. The zero-order valence-electron chi connectivity index (χ0n) is 17.3. The number of piperazine rings is 1. The molecule has 0 bridgehead atoms. The summed E-state index contributed by atoms with van der Waals surface area (Å²) in [5.41, 5.74) is 2.27. The van der Waals surface area contributed by atoms with Gasteiger partial charge in [0.15, 0.2) is 0 Å². The summed E-state index contributed by atoms with van der Waals surface area (Å²) in [5.74, 6) is 0. The minimum Gasteiger partial charge on any atom is -0.375 e. The van der Waals surface area contributed by atoms with Gasteiger partial charge in [-0.1, -0.05) is 73.3 Å². The van der Waals surface area contributed by atoms with Crippen molar-refractivity contribution in [1.82, 2.24) is 9.21 Å².